The number of hydrogen-bond acceptors (Lipinski definition) is 8. The maximum Gasteiger partial charge on any atom is 0.253 e. The summed E-state index contributed by atoms with van der Waals surface area (Å²) in [6, 6.07) is 16.8. The van der Waals surface area contributed by atoms with Crippen LogP contribution in [0.3, 0.4) is 0 Å². The number of imide groups is 1. The fourth-order valence-corrected chi connectivity index (χ4v) is 5.96. The molecule has 4 aromatic rings. The van der Waals surface area contributed by atoms with E-state index in [0.29, 0.717) is 11.5 Å². The molecule has 0 radical (unpaired) electrons. The molecule has 2 fully saturated rings. The SMILES string of the molecule is CC(=O)N(c1ccc(-c2cncc(C(=O)N[C@H]3CCC(=O)NC3=O)c2)cc1)C1CCC(Nc2ncc3ccccc3n2)CC1. The molecule has 0 unspecified atom stereocenters. The lowest BCUT2D eigenvalue weighted by atomic mass is 9.89. The van der Waals surface area contributed by atoms with Crippen LogP contribution in [-0.2, 0) is 14.4 Å². The Kier molecular flexibility index (Phi) is 8.27. The van der Waals surface area contributed by atoms with E-state index in [0.717, 1.165) is 53.4 Å². The summed E-state index contributed by atoms with van der Waals surface area (Å²) in [5, 5.41) is 9.40. The number of amides is 4. The van der Waals surface area contributed by atoms with Crippen LogP contribution in [0.1, 0.15) is 55.8 Å². The predicted octanol–water partition coefficient (Wildman–Crippen LogP) is 4.00. The van der Waals surface area contributed by atoms with Gasteiger partial charge in [0.2, 0.25) is 23.7 Å². The summed E-state index contributed by atoms with van der Waals surface area (Å²) in [6.45, 7) is 1.59. The van der Waals surface area contributed by atoms with Gasteiger partial charge in [0.1, 0.15) is 6.04 Å². The van der Waals surface area contributed by atoms with E-state index >= 15 is 0 Å². The van der Waals surface area contributed by atoms with Gasteiger partial charge in [-0.15, -0.1) is 0 Å². The van der Waals surface area contributed by atoms with Gasteiger partial charge >= 0.3 is 0 Å². The summed E-state index contributed by atoms with van der Waals surface area (Å²) in [4.78, 5) is 64.3. The minimum absolute atomic E-state index is 0.0131. The van der Waals surface area contributed by atoms with Crippen LogP contribution < -0.4 is 20.9 Å². The first-order valence-corrected chi connectivity index (χ1v) is 14.8. The number of benzene rings is 2. The molecular weight excluding hydrogens is 558 g/mol. The smallest absolute Gasteiger partial charge is 0.253 e. The molecule has 1 saturated carbocycles. The predicted molar refractivity (Wildman–Crippen MR) is 166 cm³/mol. The number of nitrogens with one attached hydrogen (secondary N) is 3. The van der Waals surface area contributed by atoms with Gasteiger partial charge in [0.25, 0.3) is 5.91 Å². The quantitative estimate of drug-likeness (QED) is 0.273. The lowest BCUT2D eigenvalue weighted by Crippen LogP contribution is -2.52. The van der Waals surface area contributed by atoms with Gasteiger partial charge in [-0.3, -0.25) is 29.5 Å². The van der Waals surface area contributed by atoms with E-state index in [1.54, 1.807) is 19.2 Å². The summed E-state index contributed by atoms with van der Waals surface area (Å²) in [5.41, 5.74) is 3.59. The van der Waals surface area contributed by atoms with Gasteiger partial charge in [0.05, 0.1) is 11.1 Å². The summed E-state index contributed by atoms with van der Waals surface area (Å²) < 4.78 is 0. The monoisotopic (exact) mass is 591 g/mol. The van der Waals surface area contributed by atoms with E-state index in [2.05, 4.69) is 30.9 Å². The Hall–Kier alpha value is -5.19. The number of hydrogen-bond donors (Lipinski definition) is 3. The normalized spacial score (nSPS) is 20.1. The molecule has 1 aliphatic carbocycles. The van der Waals surface area contributed by atoms with Crippen molar-refractivity contribution in [1.82, 2.24) is 25.6 Å². The number of aromatic nitrogens is 3. The number of fused-ring (bicyclic) bond motifs is 1. The van der Waals surface area contributed by atoms with Crippen LogP contribution in [-0.4, -0.2) is 56.7 Å². The van der Waals surface area contributed by atoms with Crippen molar-refractivity contribution in [1.29, 1.82) is 0 Å². The number of nitrogens with zero attached hydrogens (tertiary/aromatic N) is 4. The third kappa shape index (κ3) is 6.41. The van der Waals surface area contributed by atoms with Crippen LogP contribution in [0.2, 0.25) is 0 Å². The van der Waals surface area contributed by atoms with Crippen molar-refractivity contribution in [2.24, 2.45) is 0 Å². The number of anilines is 2. The van der Waals surface area contributed by atoms with Crippen molar-refractivity contribution in [2.75, 3.05) is 10.2 Å². The van der Waals surface area contributed by atoms with Gasteiger partial charge in [-0.2, -0.15) is 0 Å². The van der Waals surface area contributed by atoms with Gasteiger partial charge in [-0.1, -0.05) is 30.3 Å². The number of rotatable bonds is 7. The summed E-state index contributed by atoms with van der Waals surface area (Å²) in [5.74, 6) is -0.676. The van der Waals surface area contributed by atoms with Gasteiger partial charge in [0, 0.05) is 60.7 Å². The van der Waals surface area contributed by atoms with E-state index in [-0.39, 0.29) is 36.7 Å². The molecule has 2 aliphatic rings. The van der Waals surface area contributed by atoms with E-state index in [1.807, 2.05) is 59.6 Å². The number of carbonyl (C=O) groups is 4. The molecule has 2 aromatic carbocycles. The lowest BCUT2D eigenvalue weighted by molar-refractivity contribution is -0.134. The summed E-state index contributed by atoms with van der Waals surface area (Å²) in [7, 11) is 0. The van der Waals surface area contributed by atoms with Crippen LogP contribution in [0.15, 0.2) is 73.2 Å². The molecule has 3 heterocycles. The standard InChI is InChI=1S/C33H33N7O4/c1-20(41)40(27-12-8-25(9-13-27)36-33-35-19-22-4-2-3-5-28(22)38-33)26-10-6-21(7-11-26)23-16-24(18-34-17-23)31(43)37-29-14-15-30(42)39-32(29)44/h2-7,10-11,16-19,25,27,29H,8-9,12-15H2,1H3,(H,37,43)(H,35,36,38)(H,39,42,44)/t25?,27?,29-/m0/s1. The average Bonchev–Trinajstić information content (AvgIpc) is 3.03. The molecule has 11 heteroatoms. The molecule has 44 heavy (non-hydrogen) atoms. The summed E-state index contributed by atoms with van der Waals surface area (Å²) in [6.07, 6.45) is 8.85. The van der Waals surface area contributed by atoms with Crippen LogP contribution in [0.5, 0.6) is 0 Å². The molecule has 11 nitrogen and oxygen atoms in total. The zero-order valence-electron chi connectivity index (χ0n) is 24.3. The highest BCUT2D eigenvalue weighted by Crippen LogP contribution is 2.31. The second kappa shape index (κ2) is 12.6. The van der Waals surface area contributed by atoms with Crippen LogP contribution in [0.25, 0.3) is 22.0 Å². The van der Waals surface area contributed by atoms with E-state index < -0.39 is 17.9 Å². The van der Waals surface area contributed by atoms with Gasteiger partial charge < -0.3 is 15.5 Å². The highest BCUT2D eigenvalue weighted by atomic mass is 16.2. The number of pyridine rings is 1. The van der Waals surface area contributed by atoms with Crippen molar-refractivity contribution < 1.29 is 19.2 Å². The van der Waals surface area contributed by atoms with E-state index in [1.165, 1.54) is 6.20 Å². The van der Waals surface area contributed by atoms with Gasteiger partial charge in [0.15, 0.2) is 0 Å². The Morgan fingerprint density at radius 1 is 0.909 bits per heavy atom. The van der Waals surface area contributed by atoms with Crippen LogP contribution >= 0.6 is 0 Å². The Balaban J connectivity index is 1.09. The maximum atomic E-state index is 12.8. The van der Waals surface area contributed by atoms with E-state index in [4.69, 9.17) is 0 Å². The number of carbonyl (C=O) groups excluding carboxylic acids is 4. The Labute approximate surface area is 254 Å². The number of para-hydroxylation sites is 1. The topological polar surface area (TPSA) is 146 Å². The second-order valence-corrected chi connectivity index (χ2v) is 11.3. The first-order chi connectivity index (χ1) is 21.3. The Morgan fingerprint density at radius 2 is 1.68 bits per heavy atom. The minimum atomic E-state index is -0.765. The molecule has 4 amide bonds. The largest absolute Gasteiger partial charge is 0.351 e. The van der Waals surface area contributed by atoms with Crippen molar-refractivity contribution in [3.8, 4) is 11.1 Å². The maximum absolute atomic E-state index is 12.8. The highest BCUT2D eigenvalue weighted by molar-refractivity contribution is 6.04. The molecule has 2 aromatic heterocycles. The van der Waals surface area contributed by atoms with Crippen molar-refractivity contribution in [2.45, 2.75) is 63.6 Å². The second-order valence-electron chi connectivity index (χ2n) is 11.3. The first-order valence-electron chi connectivity index (χ1n) is 14.8. The van der Waals surface area contributed by atoms with E-state index in [9.17, 15) is 19.2 Å². The third-order valence-electron chi connectivity index (χ3n) is 8.25. The van der Waals surface area contributed by atoms with Crippen molar-refractivity contribution in [3.63, 3.8) is 0 Å². The fourth-order valence-electron chi connectivity index (χ4n) is 5.96. The molecule has 1 aliphatic heterocycles. The Bertz CT molecular complexity index is 1720. The molecule has 3 N–H and O–H groups in total. The highest BCUT2D eigenvalue weighted by Gasteiger charge is 2.30. The fraction of sp³-hybridized carbons (Fsp3) is 0.303. The van der Waals surface area contributed by atoms with Crippen LogP contribution in [0, 0.1) is 0 Å². The Morgan fingerprint density at radius 3 is 2.43 bits per heavy atom. The zero-order valence-corrected chi connectivity index (χ0v) is 24.3. The molecule has 1 saturated heterocycles. The molecule has 6 rings (SSSR count). The minimum Gasteiger partial charge on any atom is -0.351 e. The summed E-state index contributed by atoms with van der Waals surface area (Å²) >= 11 is 0. The zero-order chi connectivity index (χ0) is 30.6. The van der Waals surface area contributed by atoms with Gasteiger partial charge in [-0.25, -0.2) is 9.97 Å². The van der Waals surface area contributed by atoms with Crippen molar-refractivity contribution in [3.05, 3.63) is 78.8 Å². The van der Waals surface area contributed by atoms with Crippen LogP contribution in [0.4, 0.5) is 11.6 Å². The third-order valence-corrected chi connectivity index (χ3v) is 8.25. The average molecular weight is 592 g/mol. The molecule has 0 bridgehead atoms. The first kappa shape index (κ1) is 28.9. The molecule has 0 spiro atoms. The molecule has 224 valence electrons. The van der Waals surface area contributed by atoms with Crippen molar-refractivity contribution >= 4 is 46.2 Å². The molecular formula is C33H33N7O4. The molecule has 1 atom stereocenters. The van der Waals surface area contributed by atoms with Gasteiger partial charge in [-0.05, 0) is 61.9 Å². The lowest BCUT2D eigenvalue weighted by Gasteiger charge is -2.36. The number of piperidine rings is 1.